The highest BCUT2D eigenvalue weighted by atomic mass is 127. The fraction of sp³-hybridized carbons (Fsp3) is 0.222. The maximum Gasteiger partial charge on any atom is 0.308 e. The van der Waals surface area contributed by atoms with Gasteiger partial charge < -0.3 is 15.4 Å². The second kappa shape index (κ2) is 12.0. The van der Waals surface area contributed by atoms with Gasteiger partial charge in [0.2, 0.25) is 15.9 Å². The number of nitrogens with one attached hydrogen (secondary N) is 2. The van der Waals surface area contributed by atoms with E-state index in [0.717, 1.165) is 14.7 Å². The Bertz CT molecular complexity index is 1440. The van der Waals surface area contributed by atoms with E-state index in [1.807, 2.05) is 24.3 Å². The number of halogens is 1. The average Bonchev–Trinajstić information content (AvgIpc) is 2.89. The Kier molecular flexibility index (Phi) is 8.80. The topological polar surface area (TPSA) is 122 Å². The predicted molar refractivity (Wildman–Crippen MR) is 151 cm³/mol. The summed E-state index contributed by atoms with van der Waals surface area (Å²) in [5, 5.41) is 5.27. The number of carbonyl (C=O) groups excluding carboxylic acids is 3. The summed E-state index contributed by atoms with van der Waals surface area (Å²) in [5.41, 5.74) is 2.73. The summed E-state index contributed by atoms with van der Waals surface area (Å²) >= 11 is 2.15. The third-order valence-electron chi connectivity index (χ3n) is 6.00. The summed E-state index contributed by atoms with van der Waals surface area (Å²) in [7, 11) is -3.99. The van der Waals surface area contributed by atoms with E-state index in [1.54, 1.807) is 24.3 Å². The molecule has 3 aromatic rings. The minimum Gasteiger partial charge on any atom is -0.456 e. The Morgan fingerprint density at radius 1 is 0.947 bits per heavy atom. The van der Waals surface area contributed by atoms with E-state index in [0.29, 0.717) is 17.8 Å². The van der Waals surface area contributed by atoms with Crippen LogP contribution in [0.2, 0.25) is 0 Å². The maximum absolute atomic E-state index is 13.6. The molecule has 2 amide bonds. The number of ether oxygens (including phenoxy) is 1. The number of fused-ring (bicyclic) bond motifs is 1. The van der Waals surface area contributed by atoms with Crippen LogP contribution in [-0.4, -0.2) is 43.7 Å². The van der Waals surface area contributed by atoms with Crippen molar-refractivity contribution in [2.24, 2.45) is 0 Å². The molecule has 0 fully saturated rings. The molecule has 4 rings (SSSR count). The summed E-state index contributed by atoms with van der Waals surface area (Å²) < 4.78 is 34.8. The van der Waals surface area contributed by atoms with Gasteiger partial charge in [-0.05, 0) is 88.7 Å². The molecule has 2 N–H and O–H groups in total. The van der Waals surface area contributed by atoms with E-state index < -0.39 is 34.5 Å². The van der Waals surface area contributed by atoms with Crippen LogP contribution in [0.4, 0.5) is 11.4 Å². The van der Waals surface area contributed by atoms with Crippen LogP contribution in [0, 0.1) is 3.57 Å². The van der Waals surface area contributed by atoms with Gasteiger partial charge in [0, 0.05) is 28.4 Å². The number of esters is 1. The Morgan fingerprint density at radius 3 is 2.26 bits per heavy atom. The van der Waals surface area contributed by atoms with Gasteiger partial charge >= 0.3 is 5.97 Å². The third-order valence-corrected chi connectivity index (χ3v) is 8.64. The molecule has 1 heterocycles. The molecule has 11 heteroatoms. The molecule has 38 heavy (non-hydrogen) atoms. The van der Waals surface area contributed by atoms with Crippen molar-refractivity contribution in [3.05, 3.63) is 87.5 Å². The summed E-state index contributed by atoms with van der Waals surface area (Å²) in [6, 6.07) is 19.6. The molecule has 0 saturated heterocycles. The second-order valence-electron chi connectivity index (χ2n) is 8.71. The van der Waals surface area contributed by atoms with Gasteiger partial charge in [-0.15, -0.1) is 0 Å². The number of rotatable bonds is 8. The number of benzene rings is 3. The first kappa shape index (κ1) is 27.7. The SMILES string of the molecule is CC(=O)Nc1ccc(S(=O)(=O)N2CCc3ccccc3[C@@H]2CC(=O)OCC(=O)Nc2ccc(I)cc2)cc1. The van der Waals surface area contributed by atoms with E-state index in [4.69, 9.17) is 4.74 Å². The van der Waals surface area contributed by atoms with Crippen LogP contribution in [0.5, 0.6) is 0 Å². The molecule has 3 aromatic carbocycles. The molecule has 0 aromatic heterocycles. The minimum absolute atomic E-state index is 0.0428. The highest BCUT2D eigenvalue weighted by Gasteiger charge is 2.38. The van der Waals surface area contributed by atoms with E-state index in [-0.39, 0.29) is 23.8 Å². The van der Waals surface area contributed by atoms with Crippen LogP contribution < -0.4 is 10.6 Å². The third kappa shape index (κ3) is 6.77. The van der Waals surface area contributed by atoms with Crippen molar-refractivity contribution in [3.63, 3.8) is 0 Å². The molecule has 0 spiro atoms. The zero-order chi connectivity index (χ0) is 27.3. The Hall–Kier alpha value is -3.29. The molecular weight excluding hydrogens is 621 g/mol. The predicted octanol–water partition coefficient (Wildman–Crippen LogP) is 4.11. The van der Waals surface area contributed by atoms with Gasteiger partial charge in [-0.1, -0.05) is 24.3 Å². The summed E-state index contributed by atoms with van der Waals surface area (Å²) in [5.74, 6) is -1.45. The lowest BCUT2D eigenvalue weighted by atomic mass is 9.92. The zero-order valence-corrected chi connectivity index (χ0v) is 23.5. The number of nitrogens with zero attached hydrogens (tertiary/aromatic N) is 1. The van der Waals surface area contributed by atoms with Crippen LogP contribution in [0.1, 0.15) is 30.5 Å². The molecular formula is C27H26IN3O6S. The molecule has 0 bridgehead atoms. The second-order valence-corrected chi connectivity index (χ2v) is 11.8. The summed E-state index contributed by atoms with van der Waals surface area (Å²) in [4.78, 5) is 36.4. The first-order valence-electron chi connectivity index (χ1n) is 11.8. The van der Waals surface area contributed by atoms with Gasteiger partial charge in [-0.3, -0.25) is 14.4 Å². The molecule has 1 atom stereocenters. The zero-order valence-electron chi connectivity index (χ0n) is 20.5. The van der Waals surface area contributed by atoms with Crippen LogP contribution >= 0.6 is 22.6 Å². The molecule has 0 radical (unpaired) electrons. The maximum atomic E-state index is 13.6. The van der Waals surface area contributed by atoms with Crippen molar-refractivity contribution in [2.75, 3.05) is 23.8 Å². The largest absolute Gasteiger partial charge is 0.456 e. The van der Waals surface area contributed by atoms with Gasteiger partial charge in [0.05, 0.1) is 17.4 Å². The Balaban J connectivity index is 1.49. The fourth-order valence-corrected chi connectivity index (χ4v) is 6.24. The van der Waals surface area contributed by atoms with Crippen molar-refractivity contribution in [3.8, 4) is 0 Å². The molecule has 1 aliphatic rings. The van der Waals surface area contributed by atoms with Crippen molar-refractivity contribution in [2.45, 2.75) is 30.7 Å². The van der Waals surface area contributed by atoms with Crippen LogP contribution in [0.25, 0.3) is 0 Å². The fourth-order valence-electron chi connectivity index (χ4n) is 4.27. The monoisotopic (exact) mass is 647 g/mol. The standard InChI is InChI=1S/C27H26IN3O6S/c1-18(32)29-21-10-12-23(13-11-21)38(35,36)31-15-14-19-4-2-3-5-24(19)25(31)16-27(34)37-17-26(33)30-22-8-6-20(28)7-9-22/h2-13,25H,14-17H2,1H3,(H,29,32)(H,30,33)/t25-/m0/s1. The number of hydrogen-bond acceptors (Lipinski definition) is 6. The van der Waals surface area contributed by atoms with Crippen molar-refractivity contribution in [1.29, 1.82) is 0 Å². The average molecular weight is 647 g/mol. The summed E-state index contributed by atoms with van der Waals surface area (Å²) in [6.07, 6.45) is 0.236. The van der Waals surface area contributed by atoms with Gasteiger partial charge in [0.15, 0.2) is 6.61 Å². The number of carbonyl (C=O) groups is 3. The Morgan fingerprint density at radius 2 is 1.58 bits per heavy atom. The first-order valence-corrected chi connectivity index (χ1v) is 14.3. The number of anilines is 2. The lowest BCUT2D eigenvalue weighted by Crippen LogP contribution is -2.41. The van der Waals surface area contributed by atoms with Crippen molar-refractivity contribution in [1.82, 2.24) is 4.31 Å². The number of sulfonamides is 1. The van der Waals surface area contributed by atoms with Gasteiger partial charge in [0.25, 0.3) is 5.91 Å². The molecule has 1 aliphatic heterocycles. The quantitative estimate of drug-likeness (QED) is 0.281. The summed E-state index contributed by atoms with van der Waals surface area (Å²) in [6.45, 7) is 1.06. The number of amides is 2. The molecule has 9 nitrogen and oxygen atoms in total. The van der Waals surface area contributed by atoms with Crippen LogP contribution in [-0.2, 0) is 35.6 Å². The minimum atomic E-state index is -3.99. The van der Waals surface area contributed by atoms with Crippen LogP contribution in [0.15, 0.2) is 77.7 Å². The molecule has 0 saturated carbocycles. The van der Waals surface area contributed by atoms with Gasteiger partial charge in [-0.2, -0.15) is 4.31 Å². The highest BCUT2D eigenvalue weighted by molar-refractivity contribution is 14.1. The molecule has 198 valence electrons. The highest BCUT2D eigenvalue weighted by Crippen LogP contribution is 2.36. The lowest BCUT2D eigenvalue weighted by Gasteiger charge is -2.36. The van der Waals surface area contributed by atoms with E-state index >= 15 is 0 Å². The van der Waals surface area contributed by atoms with E-state index in [1.165, 1.54) is 35.5 Å². The molecule has 0 unspecified atom stereocenters. The number of hydrogen-bond donors (Lipinski definition) is 2. The van der Waals surface area contributed by atoms with Crippen molar-refractivity contribution >= 4 is 61.8 Å². The van der Waals surface area contributed by atoms with Gasteiger partial charge in [0.1, 0.15) is 0 Å². The lowest BCUT2D eigenvalue weighted by molar-refractivity contribution is -0.148. The van der Waals surface area contributed by atoms with E-state index in [9.17, 15) is 22.8 Å². The Labute approximate surface area is 234 Å². The molecule has 0 aliphatic carbocycles. The first-order chi connectivity index (χ1) is 18.1. The van der Waals surface area contributed by atoms with Crippen molar-refractivity contribution < 1.29 is 27.5 Å². The van der Waals surface area contributed by atoms with Crippen LogP contribution in [0.3, 0.4) is 0 Å². The van der Waals surface area contributed by atoms with E-state index in [2.05, 4.69) is 33.2 Å². The van der Waals surface area contributed by atoms with Gasteiger partial charge in [-0.25, -0.2) is 8.42 Å². The normalized spacial score (nSPS) is 15.3. The smallest absolute Gasteiger partial charge is 0.308 e.